The van der Waals surface area contributed by atoms with Crippen LogP contribution in [0.15, 0.2) is 64.6 Å². The van der Waals surface area contributed by atoms with Crippen molar-refractivity contribution in [2.24, 2.45) is 0 Å². The lowest BCUT2D eigenvalue weighted by Gasteiger charge is -2.12. The molecule has 0 radical (unpaired) electrons. The Kier molecular flexibility index (Phi) is 6.00. The van der Waals surface area contributed by atoms with Gasteiger partial charge in [0.05, 0.1) is 6.61 Å². The molecule has 0 unspecified atom stereocenters. The first-order chi connectivity index (χ1) is 14.7. The van der Waals surface area contributed by atoms with Gasteiger partial charge in [-0.1, -0.05) is 23.4 Å². The van der Waals surface area contributed by atoms with Crippen LogP contribution in [0.25, 0.3) is 22.8 Å². The van der Waals surface area contributed by atoms with Gasteiger partial charge in [-0.3, -0.25) is 10.1 Å². The number of amides is 1. The molecule has 2 aromatic heterocycles. The Bertz CT molecular complexity index is 1110. The number of thiazole rings is 1. The molecule has 0 saturated heterocycles. The number of nitrogens with zero attached hydrogens (tertiary/aromatic N) is 3. The molecule has 1 amide bonds. The molecule has 9 heteroatoms. The molecular weight excluding hydrogens is 404 g/mol. The monoisotopic (exact) mass is 422 g/mol. The smallest absolute Gasteiger partial charge is 0.264 e. The Labute approximate surface area is 176 Å². The van der Waals surface area contributed by atoms with Crippen molar-refractivity contribution in [1.82, 2.24) is 15.1 Å². The van der Waals surface area contributed by atoms with Crippen LogP contribution in [0.1, 0.15) is 6.92 Å². The van der Waals surface area contributed by atoms with Gasteiger partial charge in [-0.2, -0.15) is 4.98 Å². The minimum absolute atomic E-state index is 0.167. The van der Waals surface area contributed by atoms with Gasteiger partial charge in [0, 0.05) is 22.7 Å². The molecule has 0 saturated carbocycles. The first-order valence-electron chi connectivity index (χ1n) is 9.21. The van der Waals surface area contributed by atoms with E-state index in [1.165, 1.54) is 11.3 Å². The molecule has 152 valence electrons. The Balaban J connectivity index is 1.49. The van der Waals surface area contributed by atoms with Gasteiger partial charge < -0.3 is 14.0 Å². The predicted octanol–water partition coefficient (Wildman–Crippen LogP) is 4.28. The molecule has 1 N–H and O–H groups in total. The van der Waals surface area contributed by atoms with Crippen molar-refractivity contribution in [1.29, 1.82) is 0 Å². The van der Waals surface area contributed by atoms with E-state index in [1.54, 1.807) is 29.8 Å². The molecule has 0 bridgehead atoms. The maximum atomic E-state index is 12.0. The third-order valence-corrected chi connectivity index (χ3v) is 4.67. The zero-order valence-electron chi connectivity index (χ0n) is 16.1. The van der Waals surface area contributed by atoms with Crippen LogP contribution in [0.3, 0.4) is 0 Å². The summed E-state index contributed by atoms with van der Waals surface area (Å²) in [6, 6.07) is 14.8. The van der Waals surface area contributed by atoms with E-state index < -0.39 is 0 Å². The molecular formula is C21H18N4O4S. The SMILES string of the molecule is CCOc1cc(-c2noc(-c3ccccc3)n2)ccc1OCC(=O)Nc1nccs1. The molecule has 4 aromatic rings. The number of ether oxygens (including phenoxy) is 2. The number of nitrogens with one attached hydrogen (secondary N) is 1. The molecule has 0 atom stereocenters. The summed E-state index contributed by atoms with van der Waals surface area (Å²) in [6.45, 7) is 2.14. The third-order valence-electron chi connectivity index (χ3n) is 3.99. The Morgan fingerprint density at radius 2 is 1.97 bits per heavy atom. The van der Waals surface area contributed by atoms with Crippen molar-refractivity contribution in [3.8, 4) is 34.3 Å². The van der Waals surface area contributed by atoms with E-state index in [0.717, 1.165) is 5.56 Å². The number of carbonyl (C=O) groups is 1. The van der Waals surface area contributed by atoms with E-state index in [2.05, 4.69) is 20.4 Å². The molecule has 0 fully saturated rings. The maximum absolute atomic E-state index is 12.0. The van der Waals surface area contributed by atoms with Crippen molar-refractivity contribution < 1.29 is 18.8 Å². The molecule has 0 aliphatic carbocycles. The zero-order valence-corrected chi connectivity index (χ0v) is 16.9. The Morgan fingerprint density at radius 3 is 2.73 bits per heavy atom. The fourth-order valence-corrected chi connectivity index (χ4v) is 3.20. The van der Waals surface area contributed by atoms with E-state index in [-0.39, 0.29) is 12.5 Å². The first-order valence-corrected chi connectivity index (χ1v) is 10.1. The van der Waals surface area contributed by atoms with E-state index >= 15 is 0 Å². The summed E-state index contributed by atoms with van der Waals surface area (Å²) in [4.78, 5) is 20.5. The average Bonchev–Trinajstić information content (AvgIpc) is 3.46. The maximum Gasteiger partial charge on any atom is 0.264 e. The van der Waals surface area contributed by atoms with Gasteiger partial charge in [0.25, 0.3) is 11.8 Å². The van der Waals surface area contributed by atoms with Crippen molar-refractivity contribution in [3.05, 3.63) is 60.1 Å². The summed E-state index contributed by atoms with van der Waals surface area (Å²) in [5, 5.41) is 9.03. The first kappa shape index (κ1) is 19.6. The summed E-state index contributed by atoms with van der Waals surface area (Å²) in [5.74, 6) is 1.50. The number of rotatable bonds is 8. The summed E-state index contributed by atoms with van der Waals surface area (Å²) < 4.78 is 16.7. The number of hydrogen-bond donors (Lipinski definition) is 1. The largest absolute Gasteiger partial charge is 0.490 e. The summed E-state index contributed by atoms with van der Waals surface area (Å²) in [7, 11) is 0. The fourth-order valence-electron chi connectivity index (χ4n) is 2.66. The topological polar surface area (TPSA) is 99.4 Å². The Hall–Kier alpha value is -3.72. The second-order valence-electron chi connectivity index (χ2n) is 6.06. The second-order valence-corrected chi connectivity index (χ2v) is 6.95. The van der Waals surface area contributed by atoms with Crippen LogP contribution in [0.2, 0.25) is 0 Å². The van der Waals surface area contributed by atoms with Crippen LogP contribution >= 0.6 is 11.3 Å². The lowest BCUT2D eigenvalue weighted by Crippen LogP contribution is -2.20. The van der Waals surface area contributed by atoms with Crippen LogP contribution in [-0.2, 0) is 4.79 Å². The van der Waals surface area contributed by atoms with Crippen molar-refractivity contribution in [2.45, 2.75) is 6.92 Å². The molecule has 2 heterocycles. The summed E-state index contributed by atoms with van der Waals surface area (Å²) >= 11 is 1.34. The normalized spacial score (nSPS) is 10.6. The highest BCUT2D eigenvalue weighted by Gasteiger charge is 2.15. The Morgan fingerprint density at radius 1 is 1.10 bits per heavy atom. The minimum Gasteiger partial charge on any atom is -0.490 e. The van der Waals surface area contributed by atoms with E-state index in [0.29, 0.717) is 40.5 Å². The molecule has 4 rings (SSSR count). The fraction of sp³-hybridized carbons (Fsp3) is 0.143. The van der Waals surface area contributed by atoms with Gasteiger partial charge in [0.15, 0.2) is 23.2 Å². The van der Waals surface area contributed by atoms with Gasteiger partial charge >= 0.3 is 0 Å². The predicted molar refractivity (Wildman–Crippen MR) is 113 cm³/mol. The number of anilines is 1. The quantitative estimate of drug-likeness (QED) is 0.452. The van der Waals surface area contributed by atoms with Crippen LogP contribution in [-0.4, -0.2) is 34.2 Å². The van der Waals surface area contributed by atoms with Crippen LogP contribution < -0.4 is 14.8 Å². The van der Waals surface area contributed by atoms with Gasteiger partial charge in [0.1, 0.15) is 0 Å². The highest BCUT2D eigenvalue weighted by atomic mass is 32.1. The highest BCUT2D eigenvalue weighted by Crippen LogP contribution is 2.32. The van der Waals surface area contributed by atoms with Gasteiger partial charge in [0.2, 0.25) is 5.82 Å². The molecule has 8 nitrogen and oxygen atoms in total. The van der Waals surface area contributed by atoms with E-state index in [4.69, 9.17) is 14.0 Å². The molecule has 0 aliphatic rings. The zero-order chi connectivity index (χ0) is 20.8. The van der Waals surface area contributed by atoms with Crippen molar-refractivity contribution in [2.75, 3.05) is 18.5 Å². The van der Waals surface area contributed by atoms with E-state index in [9.17, 15) is 4.79 Å². The second kappa shape index (κ2) is 9.19. The molecule has 30 heavy (non-hydrogen) atoms. The minimum atomic E-state index is -0.304. The van der Waals surface area contributed by atoms with Gasteiger partial charge in [-0.25, -0.2) is 4.98 Å². The lowest BCUT2D eigenvalue weighted by molar-refractivity contribution is -0.118. The highest BCUT2D eigenvalue weighted by molar-refractivity contribution is 7.13. The van der Waals surface area contributed by atoms with Crippen molar-refractivity contribution >= 4 is 22.4 Å². The average molecular weight is 422 g/mol. The van der Waals surface area contributed by atoms with Gasteiger partial charge in [-0.05, 0) is 37.3 Å². The molecule has 0 aliphatic heterocycles. The number of carbonyl (C=O) groups excluding carboxylic acids is 1. The third kappa shape index (κ3) is 4.64. The lowest BCUT2D eigenvalue weighted by atomic mass is 10.2. The number of hydrogen-bond acceptors (Lipinski definition) is 8. The number of aromatic nitrogens is 3. The summed E-state index contributed by atoms with van der Waals surface area (Å²) in [5.41, 5.74) is 1.55. The molecule has 2 aromatic carbocycles. The summed E-state index contributed by atoms with van der Waals surface area (Å²) in [6.07, 6.45) is 1.62. The van der Waals surface area contributed by atoms with Crippen LogP contribution in [0.4, 0.5) is 5.13 Å². The molecule has 0 spiro atoms. The van der Waals surface area contributed by atoms with Gasteiger partial charge in [-0.15, -0.1) is 11.3 Å². The standard InChI is InChI=1S/C21H18N4O4S/c1-2-27-17-12-15(19-24-20(29-25-19)14-6-4-3-5-7-14)8-9-16(17)28-13-18(26)23-21-22-10-11-30-21/h3-12H,2,13H2,1H3,(H,22,23,26). The van der Waals surface area contributed by atoms with Crippen molar-refractivity contribution in [3.63, 3.8) is 0 Å². The van der Waals surface area contributed by atoms with Crippen LogP contribution in [0.5, 0.6) is 11.5 Å². The van der Waals surface area contributed by atoms with Crippen LogP contribution in [0, 0.1) is 0 Å². The number of benzene rings is 2. The van der Waals surface area contributed by atoms with E-state index in [1.807, 2.05) is 37.3 Å².